The van der Waals surface area contributed by atoms with Gasteiger partial charge in [-0.15, -0.1) is 0 Å². The van der Waals surface area contributed by atoms with E-state index >= 15 is 0 Å². The van der Waals surface area contributed by atoms with Gasteiger partial charge in [0, 0.05) is 16.1 Å². The highest BCUT2D eigenvalue weighted by atomic mass is 79.9. The first kappa shape index (κ1) is 10.0. The summed E-state index contributed by atoms with van der Waals surface area (Å²) in [6.45, 7) is 2.02. The highest BCUT2D eigenvalue weighted by Gasteiger charge is 2.27. The van der Waals surface area contributed by atoms with Gasteiger partial charge >= 0.3 is 0 Å². The summed E-state index contributed by atoms with van der Waals surface area (Å²) in [7, 11) is 0. The van der Waals surface area contributed by atoms with Gasteiger partial charge in [0.1, 0.15) is 5.82 Å². The average molecular weight is 279 g/mol. The number of halogens is 1. The van der Waals surface area contributed by atoms with Gasteiger partial charge < -0.3 is 4.57 Å². The molecule has 82 valence electrons. The van der Waals surface area contributed by atoms with Crippen LogP contribution in [0.15, 0.2) is 16.6 Å². The molecule has 0 spiro atoms. The standard InChI is InChI=1S/C12H11BrN2O/c1-7-14-11-5-10(13)8(6-16)4-12(11)15(7)9-2-3-9/h4-6,9H,2-3H2,1H3. The molecule has 0 radical (unpaired) electrons. The molecule has 2 aromatic rings. The lowest BCUT2D eigenvalue weighted by atomic mass is 10.2. The Balaban J connectivity index is 2.33. The van der Waals surface area contributed by atoms with E-state index in [1.165, 1.54) is 12.8 Å². The van der Waals surface area contributed by atoms with Crippen molar-refractivity contribution in [2.45, 2.75) is 25.8 Å². The van der Waals surface area contributed by atoms with Crippen LogP contribution in [0.4, 0.5) is 0 Å². The molecule has 0 atom stereocenters. The molecule has 1 saturated carbocycles. The lowest BCUT2D eigenvalue weighted by Crippen LogP contribution is -1.96. The third-order valence-electron chi connectivity index (χ3n) is 3.02. The molecule has 3 nitrogen and oxygen atoms in total. The van der Waals surface area contributed by atoms with Crippen LogP contribution >= 0.6 is 15.9 Å². The van der Waals surface area contributed by atoms with Crippen molar-refractivity contribution in [3.63, 3.8) is 0 Å². The van der Waals surface area contributed by atoms with Gasteiger partial charge in [-0.25, -0.2) is 4.98 Å². The van der Waals surface area contributed by atoms with Crippen molar-refractivity contribution in [1.29, 1.82) is 0 Å². The number of benzene rings is 1. The first-order valence-electron chi connectivity index (χ1n) is 5.34. The maximum absolute atomic E-state index is 10.9. The molecule has 0 amide bonds. The molecule has 3 rings (SSSR count). The van der Waals surface area contributed by atoms with Crippen LogP contribution in [0.1, 0.15) is 35.1 Å². The maximum atomic E-state index is 10.9. The monoisotopic (exact) mass is 278 g/mol. The number of aldehydes is 1. The Morgan fingerprint density at radius 1 is 1.50 bits per heavy atom. The predicted molar refractivity (Wildman–Crippen MR) is 65.8 cm³/mol. The summed E-state index contributed by atoms with van der Waals surface area (Å²) < 4.78 is 3.06. The van der Waals surface area contributed by atoms with E-state index in [1.807, 2.05) is 19.1 Å². The fourth-order valence-corrected chi connectivity index (χ4v) is 2.56. The average Bonchev–Trinajstić information content (AvgIpc) is 3.01. The molecule has 0 N–H and O–H groups in total. The van der Waals surface area contributed by atoms with Crippen molar-refractivity contribution < 1.29 is 4.79 Å². The Labute approximate surface area is 102 Å². The Morgan fingerprint density at radius 3 is 2.88 bits per heavy atom. The first-order chi connectivity index (χ1) is 7.70. The number of carbonyl (C=O) groups is 1. The summed E-state index contributed by atoms with van der Waals surface area (Å²) in [5.41, 5.74) is 2.72. The van der Waals surface area contributed by atoms with Gasteiger partial charge in [0.05, 0.1) is 11.0 Å². The number of nitrogens with zero attached hydrogens (tertiary/aromatic N) is 2. The van der Waals surface area contributed by atoms with Crippen LogP contribution in [0, 0.1) is 6.92 Å². The minimum absolute atomic E-state index is 0.589. The van der Waals surface area contributed by atoms with Gasteiger partial charge in [-0.3, -0.25) is 4.79 Å². The van der Waals surface area contributed by atoms with E-state index in [0.717, 1.165) is 27.6 Å². The molecular weight excluding hydrogens is 268 g/mol. The summed E-state index contributed by atoms with van der Waals surface area (Å²) in [4.78, 5) is 15.4. The topological polar surface area (TPSA) is 34.9 Å². The van der Waals surface area contributed by atoms with E-state index in [0.29, 0.717) is 11.6 Å². The Bertz CT molecular complexity index is 584. The Kier molecular flexibility index (Phi) is 2.14. The SMILES string of the molecule is Cc1nc2cc(Br)c(C=O)cc2n1C1CC1. The molecule has 1 fully saturated rings. The van der Waals surface area contributed by atoms with Crippen molar-refractivity contribution in [2.75, 3.05) is 0 Å². The van der Waals surface area contributed by atoms with Crippen molar-refractivity contribution in [2.24, 2.45) is 0 Å². The van der Waals surface area contributed by atoms with Crippen molar-refractivity contribution in [3.05, 3.63) is 28.0 Å². The number of imidazole rings is 1. The number of rotatable bonds is 2. The van der Waals surface area contributed by atoms with E-state index in [9.17, 15) is 4.79 Å². The maximum Gasteiger partial charge on any atom is 0.151 e. The van der Waals surface area contributed by atoms with Gasteiger partial charge in [-0.2, -0.15) is 0 Å². The highest BCUT2D eigenvalue weighted by molar-refractivity contribution is 9.10. The molecule has 0 unspecified atom stereocenters. The van der Waals surface area contributed by atoms with Gasteiger partial charge in [0.25, 0.3) is 0 Å². The smallest absolute Gasteiger partial charge is 0.151 e. The zero-order valence-corrected chi connectivity index (χ0v) is 10.5. The fraction of sp³-hybridized carbons (Fsp3) is 0.333. The predicted octanol–water partition coefficient (Wildman–Crippen LogP) is 3.25. The Hall–Kier alpha value is -1.16. The third kappa shape index (κ3) is 1.40. The lowest BCUT2D eigenvalue weighted by Gasteiger charge is -2.04. The fourth-order valence-electron chi connectivity index (χ4n) is 2.14. The number of hydrogen-bond donors (Lipinski definition) is 0. The minimum Gasteiger partial charge on any atom is -0.325 e. The molecule has 1 aliphatic rings. The normalized spacial score (nSPS) is 15.6. The van der Waals surface area contributed by atoms with Gasteiger partial charge in [0.2, 0.25) is 0 Å². The van der Waals surface area contributed by atoms with Crippen LogP contribution in [-0.2, 0) is 0 Å². The first-order valence-corrected chi connectivity index (χ1v) is 6.13. The van der Waals surface area contributed by atoms with Gasteiger partial charge in [-0.1, -0.05) is 0 Å². The van der Waals surface area contributed by atoms with Crippen LogP contribution in [0.5, 0.6) is 0 Å². The van der Waals surface area contributed by atoms with Crippen molar-refractivity contribution >= 4 is 33.2 Å². The van der Waals surface area contributed by atoms with Crippen LogP contribution in [0.3, 0.4) is 0 Å². The number of aryl methyl sites for hydroxylation is 1. The molecule has 0 bridgehead atoms. The van der Waals surface area contributed by atoms with E-state index in [1.54, 1.807) is 0 Å². The van der Waals surface area contributed by atoms with Crippen LogP contribution in [-0.4, -0.2) is 15.8 Å². The summed E-state index contributed by atoms with van der Waals surface area (Å²) in [5.74, 6) is 1.03. The molecular formula is C12H11BrN2O. The zero-order chi connectivity index (χ0) is 11.3. The number of aromatic nitrogens is 2. The lowest BCUT2D eigenvalue weighted by molar-refractivity contribution is 0.112. The minimum atomic E-state index is 0.589. The molecule has 1 aliphatic carbocycles. The third-order valence-corrected chi connectivity index (χ3v) is 3.71. The zero-order valence-electron chi connectivity index (χ0n) is 8.90. The number of carbonyl (C=O) groups excluding carboxylic acids is 1. The molecule has 1 aromatic carbocycles. The second-order valence-electron chi connectivity index (χ2n) is 4.24. The van der Waals surface area contributed by atoms with E-state index in [4.69, 9.17) is 0 Å². The van der Waals surface area contributed by atoms with E-state index in [2.05, 4.69) is 25.5 Å². The second-order valence-corrected chi connectivity index (χ2v) is 5.09. The van der Waals surface area contributed by atoms with E-state index < -0.39 is 0 Å². The molecule has 0 aliphatic heterocycles. The van der Waals surface area contributed by atoms with Crippen LogP contribution < -0.4 is 0 Å². The molecule has 16 heavy (non-hydrogen) atoms. The summed E-state index contributed by atoms with van der Waals surface area (Å²) >= 11 is 3.38. The molecule has 0 saturated heterocycles. The van der Waals surface area contributed by atoms with Gasteiger partial charge in [0.15, 0.2) is 6.29 Å². The summed E-state index contributed by atoms with van der Waals surface area (Å²) in [6.07, 6.45) is 3.32. The van der Waals surface area contributed by atoms with Crippen LogP contribution in [0.25, 0.3) is 11.0 Å². The Morgan fingerprint density at radius 2 is 2.25 bits per heavy atom. The number of hydrogen-bond acceptors (Lipinski definition) is 2. The van der Waals surface area contributed by atoms with Gasteiger partial charge in [-0.05, 0) is 47.8 Å². The summed E-state index contributed by atoms with van der Waals surface area (Å²) in [6, 6.07) is 4.43. The molecule has 1 heterocycles. The van der Waals surface area contributed by atoms with Crippen LogP contribution in [0.2, 0.25) is 0 Å². The highest BCUT2D eigenvalue weighted by Crippen LogP contribution is 2.39. The number of fused-ring (bicyclic) bond motifs is 1. The quantitative estimate of drug-likeness (QED) is 0.791. The summed E-state index contributed by atoms with van der Waals surface area (Å²) in [5, 5.41) is 0. The molecule has 1 aromatic heterocycles. The van der Waals surface area contributed by atoms with E-state index in [-0.39, 0.29) is 0 Å². The largest absolute Gasteiger partial charge is 0.325 e. The molecule has 4 heteroatoms. The second kappa shape index (κ2) is 3.42. The van der Waals surface area contributed by atoms with Crippen molar-refractivity contribution in [3.8, 4) is 0 Å². The van der Waals surface area contributed by atoms with Crippen molar-refractivity contribution in [1.82, 2.24) is 9.55 Å².